The maximum Gasteiger partial charge on any atom is 0.240 e. The van der Waals surface area contributed by atoms with E-state index in [1.807, 2.05) is 24.3 Å². The van der Waals surface area contributed by atoms with Gasteiger partial charge in [0, 0.05) is 19.4 Å². The predicted octanol–water partition coefficient (Wildman–Crippen LogP) is 2.26. The van der Waals surface area contributed by atoms with Crippen LogP contribution in [0, 0.1) is 0 Å². The first-order valence-electron chi connectivity index (χ1n) is 9.00. The smallest absolute Gasteiger partial charge is 0.240 e. The van der Waals surface area contributed by atoms with Crippen LogP contribution >= 0.6 is 0 Å². The highest BCUT2D eigenvalue weighted by Crippen LogP contribution is 2.23. The minimum atomic E-state index is -3.70. The standard InChI is InChI=1S/C20H22N2O5S/c1-27-18-6-3-2-5-15(18)13-14-21-28(25,26)17-11-9-16(10-12-17)22-19(23)7-4-8-20(22)24/h2-3,5-6,9-12,21H,4,7-8,13-14H2,1H3. The van der Waals surface area contributed by atoms with E-state index in [4.69, 9.17) is 4.74 Å². The number of nitrogens with one attached hydrogen (secondary N) is 1. The molecule has 0 saturated carbocycles. The van der Waals surface area contributed by atoms with Crippen LogP contribution in [0.1, 0.15) is 24.8 Å². The third kappa shape index (κ3) is 4.40. The molecule has 2 aromatic rings. The molecule has 28 heavy (non-hydrogen) atoms. The van der Waals surface area contributed by atoms with Gasteiger partial charge >= 0.3 is 0 Å². The summed E-state index contributed by atoms with van der Waals surface area (Å²) in [5, 5.41) is 0. The number of sulfonamides is 1. The molecule has 1 aliphatic heterocycles. The number of hydrogen-bond donors (Lipinski definition) is 1. The molecule has 2 aromatic carbocycles. The first kappa shape index (κ1) is 20.0. The van der Waals surface area contributed by atoms with Gasteiger partial charge in [0.2, 0.25) is 21.8 Å². The molecule has 1 N–H and O–H groups in total. The molecule has 1 aliphatic rings. The van der Waals surface area contributed by atoms with Crippen molar-refractivity contribution in [1.29, 1.82) is 0 Å². The van der Waals surface area contributed by atoms with Crippen LogP contribution in [-0.4, -0.2) is 33.9 Å². The van der Waals surface area contributed by atoms with Crippen molar-refractivity contribution < 1.29 is 22.7 Å². The van der Waals surface area contributed by atoms with Crippen LogP contribution in [-0.2, 0) is 26.0 Å². The van der Waals surface area contributed by atoms with Gasteiger partial charge in [-0.15, -0.1) is 0 Å². The summed E-state index contributed by atoms with van der Waals surface area (Å²) in [4.78, 5) is 25.2. The van der Waals surface area contributed by atoms with E-state index in [1.54, 1.807) is 7.11 Å². The number of carbonyl (C=O) groups is 2. The second kappa shape index (κ2) is 8.53. The third-order valence-corrected chi connectivity index (χ3v) is 6.04. The van der Waals surface area contributed by atoms with Crippen LogP contribution in [0.3, 0.4) is 0 Å². The molecule has 8 heteroatoms. The van der Waals surface area contributed by atoms with Crippen LogP contribution in [0.5, 0.6) is 5.75 Å². The quantitative estimate of drug-likeness (QED) is 0.717. The molecule has 0 unspecified atom stereocenters. The first-order chi connectivity index (χ1) is 13.4. The fourth-order valence-electron chi connectivity index (χ4n) is 3.13. The molecule has 0 aromatic heterocycles. The van der Waals surface area contributed by atoms with Gasteiger partial charge in [-0.3, -0.25) is 14.5 Å². The van der Waals surface area contributed by atoms with E-state index >= 15 is 0 Å². The number of hydrogen-bond acceptors (Lipinski definition) is 5. The van der Waals surface area contributed by atoms with E-state index in [1.165, 1.54) is 24.3 Å². The lowest BCUT2D eigenvalue weighted by Gasteiger charge is -2.24. The lowest BCUT2D eigenvalue weighted by atomic mass is 10.1. The predicted molar refractivity (Wildman–Crippen MR) is 105 cm³/mol. The van der Waals surface area contributed by atoms with E-state index in [-0.39, 0.29) is 23.3 Å². The Morgan fingerprint density at radius 2 is 1.64 bits per heavy atom. The van der Waals surface area contributed by atoms with Gasteiger partial charge in [-0.2, -0.15) is 0 Å². The van der Waals surface area contributed by atoms with Crippen molar-refractivity contribution in [1.82, 2.24) is 4.72 Å². The molecule has 1 saturated heterocycles. The molecule has 0 spiro atoms. The number of para-hydroxylation sites is 1. The molecular weight excluding hydrogens is 380 g/mol. The molecule has 2 amide bonds. The van der Waals surface area contributed by atoms with Crippen molar-refractivity contribution in [3.05, 3.63) is 54.1 Å². The average molecular weight is 402 g/mol. The highest BCUT2D eigenvalue weighted by molar-refractivity contribution is 7.89. The Morgan fingerprint density at radius 1 is 1.00 bits per heavy atom. The number of benzene rings is 2. The fraction of sp³-hybridized carbons (Fsp3) is 0.300. The fourth-order valence-corrected chi connectivity index (χ4v) is 4.16. The number of amides is 2. The van der Waals surface area contributed by atoms with E-state index < -0.39 is 10.0 Å². The van der Waals surface area contributed by atoms with Crippen molar-refractivity contribution >= 4 is 27.5 Å². The number of methoxy groups -OCH3 is 1. The zero-order valence-corrected chi connectivity index (χ0v) is 16.4. The zero-order valence-electron chi connectivity index (χ0n) is 15.6. The monoisotopic (exact) mass is 402 g/mol. The minimum absolute atomic E-state index is 0.0770. The van der Waals surface area contributed by atoms with Crippen LogP contribution < -0.4 is 14.4 Å². The summed E-state index contributed by atoms with van der Waals surface area (Å²) in [7, 11) is -2.13. The normalized spacial score (nSPS) is 15.0. The van der Waals surface area contributed by atoms with Gasteiger partial charge in [0.1, 0.15) is 5.75 Å². The Kier molecular flexibility index (Phi) is 6.11. The van der Waals surface area contributed by atoms with Crippen molar-refractivity contribution in [3.8, 4) is 5.75 Å². The number of piperidine rings is 1. The number of anilines is 1. The summed E-state index contributed by atoms with van der Waals surface area (Å²) in [6, 6.07) is 13.2. The van der Waals surface area contributed by atoms with Gasteiger partial charge in [-0.25, -0.2) is 13.1 Å². The van der Waals surface area contributed by atoms with Crippen LogP contribution in [0.15, 0.2) is 53.4 Å². The second-order valence-electron chi connectivity index (χ2n) is 6.43. The molecule has 148 valence electrons. The lowest BCUT2D eigenvalue weighted by Crippen LogP contribution is -2.40. The van der Waals surface area contributed by atoms with Gasteiger partial charge in [0.15, 0.2) is 0 Å². The summed E-state index contributed by atoms with van der Waals surface area (Å²) in [6.07, 6.45) is 1.67. The van der Waals surface area contributed by atoms with E-state index in [9.17, 15) is 18.0 Å². The van der Waals surface area contributed by atoms with Gasteiger partial charge < -0.3 is 4.74 Å². The number of carbonyl (C=O) groups excluding carboxylic acids is 2. The maximum absolute atomic E-state index is 12.5. The summed E-state index contributed by atoms with van der Waals surface area (Å²) in [6.45, 7) is 0.216. The molecule has 0 aliphatic carbocycles. The lowest BCUT2D eigenvalue weighted by molar-refractivity contribution is -0.129. The average Bonchev–Trinajstić information content (AvgIpc) is 2.68. The van der Waals surface area contributed by atoms with Crippen molar-refractivity contribution in [2.45, 2.75) is 30.6 Å². The van der Waals surface area contributed by atoms with Gasteiger partial charge in [-0.05, 0) is 48.7 Å². The second-order valence-corrected chi connectivity index (χ2v) is 8.20. The van der Waals surface area contributed by atoms with Crippen LogP contribution in [0.25, 0.3) is 0 Å². The molecule has 1 heterocycles. The van der Waals surface area contributed by atoms with Crippen LogP contribution in [0.2, 0.25) is 0 Å². The number of rotatable bonds is 7. The highest BCUT2D eigenvalue weighted by Gasteiger charge is 2.27. The van der Waals surface area contributed by atoms with Gasteiger partial charge in [-0.1, -0.05) is 18.2 Å². The highest BCUT2D eigenvalue weighted by atomic mass is 32.2. The number of nitrogens with zero attached hydrogens (tertiary/aromatic N) is 1. The SMILES string of the molecule is COc1ccccc1CCNS(=O)(=O)c1ccc(N2C(=O)CCCC2=O)cc1. The Bertz CT molecular complexity index is 954. The number of imide groups is 1. The molecule has 3 rings (SSSR count). The van der Waals surface area contributed by atoms with E-state index in [2.05, 4.69) is 4.72 Å². The number of ether oxygens (including phenoxy) is 1. The van der Waals surface area contributed by atoms with Crippen molar-refractivity contribution in [2.75, 3.05) is 18.6 Å². The Morgan fingerprint density at radius 3 is 2.29 bits per heavy atom. The van der Waals surface area contributed by atoms with E-state index in [0.29, 0.717) is 37.1 Å². The largest absolute Gasteiger partial charge is 0.496 e. The molecule has 0 bridgehead atoms. The molecular formula is C20H22N2O5S. The Hall–Kier alpha value is -2.71. The molecule has 0 atom stereocenters. The Labute approximate surface area is 164 Å². The topological polar surface area (TPSA) is 92.8 Å². The van der Waals surface area contributed by atoms with Gasteiger partial charge in [0.25, 0.3) is 0 Å². The molecule has 1 fully saturated rings. The Balaban J connectivity index is 1.67. The van der Waals surface area contributed by atoms with Gasteiger partial charge in [0.05, 0.1) is 17.7 Å². The summed E-state index contributed by atoms with van der Waals surface area (Å²) in [5.41, 5.74) is 1.30. The maximum atomic E-state index is 12.5. The van der Waals surface area contributed by atoms with E-state index in [0.717, 1.165) is 10.5 Å². The minimum Gasteiger partial charge on any atom is -0.496 e. The third-order valence-electron chi connectivity index (χ3n) is 4.56. The summed E-state index contributed by atoms with van der Waals surface area (Å²) < 4.78 is 32.8. The first-order valence-corrected chi connectivity index (χ1v) is 10.5. The van der Waals surface area contributed by atoms with Crippen molar-refractivity contribution in [3.63, 3.8) is 0 Å². The molecule has 0 radical (unpaired) electrons. The molecule has 7 nitrogen and oxygen atoms in total. The van der Waals surface area contributed by atoms with Crippen molar-refractivity contribution in [2.24, 2.45) is 0 Å². The zero-order chi connectivity index (χ0) is 20.1. The summed E-state index contributed by atoms with van der Waals surface area (Å²) >= 11 is 0. The van der Waals surface area contributed by atoms with Crippen LogP contribution in [0.4, 0.5) is 5.69 Å². The summed E-state index contributed by atoms with van der Waals surface area (Å²) in [5.74, 6) is 0.186.